The third kappa shape index (κ3) is 5.81. The summed E-state index contributed by atoms with van der Waals surface area (Å²) in [5.74, 6) is 0. The molecule has 1 N–H and O–H groups in total. The Labute approximate surface area is 297 Å². The Kier molecular flexibility index (Phi) is 7.84. The molecule has 242 valence electrons. The lowest BCUT2D eigenvalue weighted by Crippen LogP contribution is -2.10. The number of para-hydroxylation sites is 4. The monoisotopic (exact) mass is 654 g/mol. The zero-order valence-electron chi connectivity index (χ0n) is 27.9. The number of furan rings is 1. The Morgan fingerprint density at radius 3 is 1.69 bits per heavy atom. The molecule has 0 amide bonds. The van der Waals surface area contributed by atoms with Crippen LogP contribution in [-0.4, -0.2) is 0 Å². The standard InChI is InChI=1S/C48H34N2O/c1-3-15-35(16-4-1)40-21-7-10-24-43(40)49-44-25-11-8-22-41(44)37-18-13-17-36(33-37)34-29-31-39(32-30-34)50(38-19-5-2-6-20-38)45-26-14-28-47-48(45)42-23-9-12-27-46(42)51-47/h1-33,49H. The minimum atomic E-state index is 0.876. The van der Waals surface area contributed by atoms with Crippen LogP contribution in [0.15, 0.2) is 205 Å². The number of hydrogen-bond acceptors (Lipinski definition) is 3. The second-order valence-corrected chi connectivity index (χ2v) is 12.6. The fourth-order valence-corrected chi connectivity index (χ4v) is 7.07. The van der Waals surface area contributed by atoms with Gasteiger partial charge in [-0.3, -0.25) is 0 Å². The molecule has 1 heterocycles. The molecule has 3 nitrogen and oxygen atoms in total. The Morgan fingerprint density at radius 2 is 0.922 bits per heavy atom. The summed E-state index contributed by atoms with van der Waals surface area (Å²) in [6, 6.07) is 70.3. The zero-order valence-corrected chi connectivity index (χ0v) is 27.9. The maximum Gasteiger partial charge on any atom is 0.137 e. The van der Waals surface area contributed by atoms with Crippen molar-refractivity contribution >= 4 is 50.4 Å². The maximum atomic E-state index is 6.28. The molecule has 0 saturated carbocycles. The fourth-order valence-electron chi connectivity index (χ4n) is 7.07. The lowest BCUT2D eigenvalue weighted by molar-refractivity contribution is 0.669. The van der Waals surface area contributed by atoms with E-state index in [1.54, 1.807) is 0 Å². The molecule has 0 aliphatic rings. The van der Waals surface area contributed by atoms with Crippen molar-refractivity contribution in [2.75, 3.05) is 10.2 Å². The molecule has 0 radical (unpaired) electrons. The molecule has 1 aromatic heterocycles. The molecule has 3 heteroatoms. The number of nitrogens with one attached hydrogen (secondary N) is 1. The van der Waals surface area contributed by atoms with Crippen LogP contribution in [0.3, 0.4) is 0 Å². The van der Waals surface area contributed by atoms with Gasteiger partial charge in [0.1, 0.15) is 11.2 Å². The van der Waals surface area contributed by atoms with Crippen molar-refractivity contribution in [3.05, 3.63) is 200 Å². The second-order valence-electron chi connectivity index (χ2n) is 12.6. The molecule has 0 saturated heterocycles. The lowest BCUT2D eigenvalue weighted by Gasteiger charge is -2.26. The van der Waals surface area contributed by atoms with Gasteiger partial charge in [-0.1, -0.05) is 140 Å². The van der Waals surface area contributed by atoms with Crippen LogP contribution in [0.1, 0.15) is 0 Å². The van der Waals surface area contributed by atoms with Gasteiger partial charge in [-0.15, -0.1) is 0 Å². The third-order valence-electron chi connectivity index (χ3n) is 9.48. The van der Waals surface area contributed by atoms with Crippen molar-refractivity contribution in [3.8, 4) is 33.4 Å². The Morgan fingerprint density at radius 1 is 0.373 bits per heavy atom. The molecule has 0 unspecified atom stereocenters. The normalized spacial score (nSPS) is 11.1. The van der Waals surface area contributed by atoms with Gasteiger partial charge < -0.3 is 14.6 Å². The predicted octanol–water partition coefficient (Wildman–Crippen LogP) is 13.8. The van der Waals surface area contributed by atoms with Crippen LogP contribution < -0.4 is 10.2 Å². The van der Waals surface area contributed by atoms with Crippen LogP contribution in [-0.2, 0) is 0 Å². The smallest absolute Gasteiger partial charge is 0.137 e. The highest BCUT2D eigenvalue weighted by atomic mass is 16.3. The second kappa shape index (κ2) is 13.2. The van der Waals surface area contributed by atoms with Crippen molar-refractivity contribution in [2.45, 2.75) is 0 Å². The van der Waals surface area contributed by atoms with Crippen molar-refractivity contribution in [1.29, 1.82) is 0 Å². The maximum absolute atomic E-state index is 6.28. The van der Waals surface area contributed by atoms with Crippen LogP contribution in [0, 0.1) is 0 Å². The summed E-state index contributed by atoms with van der Waals surface area (Å²) < 4.78 is 6.28. The number of fused-ring (bicyclic) bond motifs is 3. The SMILES string of the molecule is c1ccc(-c2ccccc2Nc2ccccc2-c2cccc(-c3ccc(N(c4ccccc4)c4cccc5oc6ccccc6c45)cc3)c2)cc1. The van der Waals surface area contributed by atoms with Gasteiger partial charge in [-0.25, -0.2) is 0 Å². The topological polar surface area (TPSA) is 28.4 Å². The van der Waals surface area contributed by atoms with Gasteiger partial charge in [-0.2, -0.15) is 0 Å². The molecule has 0 atom stereocenters. The summed E-state index contributed by atoms with van der Waals surface area (Å²) in [6.45, 7) is 0. The van der Waals surface area contributed by atoms with Crippen LogP contribution in [0.5, 0.6) is 0 Å². The summed E-state index contributed by atoms with van der Waals surface area (Å²) in [5, 5.41) is 5.97. The van der Waals surface area contributed by atoms with Gasteiger partial charge in [-0.05, 0) is 82.9 Å². The molecule has 8 aromatic carbocycles. The van der Waals surface area contributed by atoms with Gasteiger partial charge in [0.05, 0.1) is 11.1 Å². The Bertz CT molecular complexity index is 2610. The first-order chi connectivity index (χ1) is 25.3. The highest BCUT2D eigenvalue weighted by Gasteiger charge is 2.19. The van der Waals surface area contributed by atoms with Crippen molar-refractivity contribution in [2.24, 2.45) is 0 Å². The van der Waals surface area contributed by atoms with Crippen LogP contribution >= 0.6 is 0 Å². The molecule has 51 heavy (non-hydrogen) atoms. The highest BCUT2D eigenvalue weighted by Crippen LogP contribution is 2.43. The van der Waals surface area contributed by atoms with E-state index in [2.05, 4.69) is 192 Å². The van der Waals surface area contributed by atoms with Gasteiger partial charge in [0.15, 0.2) is 0 Å². The van der Waals surface area contributed by atoms with Crippen molar-refractivity contribution < 1.29 is 4.42 Å². The van der Waals surface area contributed by atoms with Gasteiger partial charge in [0, 0.05) is 39.3 Å². The third-order valence-corrected chi connectivity index (χ3v) is 9.48. The van der Waals surface area contributed by atoms with Crippen molar-refractivity contribution in [1.82, 2.24) is 0 Å². The number of hydrogen-bond donors (Lipinski definition) is 1. The van der Waals surface area contributed by atoms with E-state index in [1.807, 2.05) is 18.2 Å². The van der Waals surface area contributed by atoms with Gasteiger partial charge in [0.25, 0.3) is 0 Å². The first-order valence-corrected chi connectivity index (χ1v) is 17.3. The Balaban J connectivity index is 1.07. The minimum absolute atomic E-state index is 0.876. The van der Waals surface area contributed by atoms with Crippen LogP contribution in [0.25, 0.3) is 55.3 Å². The Hall–Kier alpha value is -6.84. The van der Waals surface area contributed by atoms with E-state index >= 15 is 0 Å². The van der Waals surface area contributed by atoms with E-state index in [-0.39, 0.29) is 0 Å². The molecule has 0 aliphatic heterocycles. The van der Waals surface area contributed by atoms with Crippen molar-refractivity contribution in [3.63, 3.8) is 0 Å². The van der Waals surface area contributed by atoms with Crippen LogP contribution in [0.2, 0.25) is 0 Å². The van der Waals surface area contributed by atoms with E-state index in [9.17, 15) is 0 Å². The summed E-state index contributed by atoms with van der Waals surface area (Å²) >= 11 is 0. The summed E-state index contributed by atoms with van der Waals surface area (Å²) in [5.41, 5.74) is 14.1. The summed E-state index contributed by atoms with van der Waals surface area (Å²) in [4.78, 5) is 2.32. The molecular formula is C48H34N2O. The largest absolute Gasteiger partial charge is 0.456 e. The number of nitrogens with zero attached hydrogens (tertiary/aromatic N) is 1. The molecule has 0 spiro atoms. The van der Waals surface area contributed by atoms with Gasteiger partial charge in [0.2, 0.25) is 0 Å². The van der Waals surface area contributed by atoms with Crippen LogP contribution in [0.4, 0.5) is 28.4 Å². The fraction of sp³-hybridized carbons (Fsp3) is 0. The summed E-state index contributed by atoms with van der Waals surface area (Å²) in [6.07, 6.45) is 0. The minimum Gasteiger partial charge on any atom is -0.456 e. The zero-order chi connectivity index (χ0) is 34.0. The first kappa shape index (κ1) is 30.2. The lowest BCUT2D eigenvalue weighted by atomic mass is 9.97. The van der Waals surface area contributed by atoms with E-state index in [4.69, 9.17) is 4.42 Å². The van der Waals surface area contributed by atoms with E-state index < -0.39 is 0 Å². The molecule has 0 aliphatic carbocycles. The van der Waals surface area contributed by atoms with E-state index in [0.29, 0.717) is 0 Å². The molecular weight excluding hydrogens is 621 g/mol. The average Bonchev–Trinajstić information content (AvgIpc) is 3.59. The van der Waals surface area contributed by atoms with Gasteiger partial charge >= 0.3 is 0 Å². The number of rotatable bonds is 8. The quantitative estimate of drug-likeness (QED) is 0.177. The number of anilines is 5. The molecule has 9 aromatic rings. The van der Waals surface area contributed by atoms with E-state index in [1.165, 1.54) is 11.1 Å². The molecule has 9 rings (SSSR count). The first-order valence-electron chi connectivity index (χ1n) is 17.3. The number of benzene rings is 8. The van der Waals surface area contributed by atoms with E-state index in [0.717, 1.165) is 72.6 Å². The highest BCUT2D eigenvalue weighted by molar-refractivity contribution is 6.13. The molecule has 0 bridgehead atoms. The molecule has 0 fully saturated rings. The summed E-state index contributed by atoms with van der Waals surface area (Å²) in [7, 11) is 0. The predicted molar refractivity (Wildman–Crippen MR) is 214 cm³/mol. The average molecular weight is 655 g/mol.